The third-order valence-corrected chi connectivity index (χ3v) is 1.50. The van der Waals surface area contributed by atoms with E-state index in [0.717, 1.165) is 12.8 Å². The van der Waals surface area contributed by atoms with Crippen molar-refractivity contribution in [1.29, 1.82) is 0 Å². The Balaban J connectivity index is 2.26. The molecule has 0 aromatic heterocycles. The normalized spacial score (nSPS) is 18.4. The minimum atomic E-state index is -3.62. The van der Waals surface area contributed by atoms with E-state index in [2.05, 4.69) is 5.32 Å². The Labute approximate surface area is 62.4 Å². The van der Waals surface area contributed by atoms with Crippen LogP contribution < -0.4 is 5.32 Å². The van der Waals surface area contributed by atoms with Gasteiger partial charge in [0.15, 0.2) is 0 Å². The van der Waals surface area contributed by atoms with Gasteiger partial charge in [0.2, 0.25) is 0 Å². The largest absolute Gasteiger partial charge is 0.477 e. The van der Waals surface area contributed by atoms with Gasteiger partial charge in [-0.15, -0.1) is 0 Å². The molecule has 0 radical (unpaired) electrons. The van der Waals surface area contributed by atoms with Gasteiger partial charge in [-0.3, -0.25) is 0 Å². The first-order valence-electron chi connectivity index (χ1n) is 3.37. The maximum absolute atomic E-state index is 12.3. The van der Waals surface area contributed by atoms with Gasteiger partial charge in [-0.1, -0.05) is 0 Å². The lowest BCUT2D eigenvalue weighted by Gasteiger charge is -2.10. The van der Waals surface area contributed by atoms with Crippen LogP contribution in [0.1, 0.15) is 12.8 Å². The molecule has 3 nitrogen and oxygen atoms in total. The van der Waals surface area contributed by atoms with Crippen LogP contribution in [-0.4, -0.2) is 29.6 Å². The molecule has 1 rings (SSSR count). The molecule has 1 aliphatic rings. The lowest BCUT2D eigenvalue weighted by atomic mass is 10.3. The summed E-state index contributed by atoms with van der Waals surface area (Å²) in [7, 11) is 0. The minimum absolute atomic E-state index is 0.111. The van der Waals surface area contributed by atoms with Crippen molar-refractivity contribution in [1.82, 2.24) is 5.32 Å². The highest BCUT2D eigenvalue weighted by atomic mass is 19.3. The van der Waals surface area contributed by atoms with E-state index in [1.165, 1.54) is 0 Å². The molecule has 64 valence electrons. The molecule has 2 N–H and O–H groups in total. The van der Waals surface area contributed by atoms with Crippen LogP contribution >= 0.6 is 0 Å². The number of carboxylic acid groups (broad SMARTS) is 1. The number of carbonyl (C=O) groups is 1. The van der Waals surface area contributed by atoms with Gasteiger partial charge in [-0.2, -0.15) is 8.78 Å². The lowest BCUT2D eigenvalue weighted by molar-refractivity contribution is -0.164. The molecule has 1 saturated carbocycles. The molecule has 0 bridgehead atoms. The zero-order valence-electron chi connectivity index (χ0n) is 5.81. The second kappa shape index (κ2) is 2.73. The Morgan fingerprint density at radius 2 is 2.18 bits per heavy atom. The van der Waals surface area contributed by atoms with Crippen molar-refractivity contribution in [2.45, 2.75) is 24.8 Å². The van der Waals surface area contributed by atoms with Crippen LogP contribution in [0.2, 0.25) is 0 Å². The molecule has 0 aromatic rings. The average Bonchev–Trinajstić information content (AvgIpc) is 2.65. The highest BCUT2D eigenvalue weighted by Gasteiger charge is 2.39. The number of nitrogens with one attached hydrogen (secondary N) is 1. The number of aliphatic carboxylic acids is 1. The maximum Gasteiger partial charge on any atom is 0.375 e. The summed E-state index contributed by atoms with van der Waals surface area (Å²) in [6.07, 6.45) is 1.74. The first-order chi connectivity index (χ1) is 5.02. The molecular weight excluding hydrogens is 156 g/mol. The highest BCUT2D eigenvalue weighted by Crippen LogP contribution is 2.20. The monoisotopic (exact) mass is 165 g/mol. The molecule has 0 atom stereocenters. The van der Waals surface area contributed by atoms with Gasteiger partial charge in [0, 0.05) is 6.04 Å². The Morgan fingerprint density at radius 3 is 2.55 bits per heavy atom. The van der Waals surface area contributed by atoms with E-state index in [0.29, 0.717) is 0 Å². The predicted molar refractivity (Wildman–Crippen MR) is 33.6 cm³/mol. The van der Waals surface area contributed by atoms with E-state index in [1.807, 2.05) is 0 Å². The first-order valence-corrected chi connectivity index (χ1v) is 3.37. The number of hydrogen-bond acceptors (Lipinski definition) is 2. The van der Waals surface area contributed by atoms with Gasteiger partial charge in [-0.25, -0.2) is 4.79 Å². The quantitative estimate of drug-likeness (QED) is 0.636. The van der Waals surface area contributed by atoms with E-state index in [-0.39, 0.29) is 6.04 Å². The van der Waals surface area contributed by atoms with Crippen LogP contribution in [0.25, 0.3) is 0 Å². The van der Waals surface area contributed by atoms with Gasteiger partial charge in [-0.05, 0) is 12.8 Å². The van der Waals surface area contributed by atoms with Crippen LogP contribution in [-0.2, 0) is 4.79 Å². The van der Waals surface area contributed by atoms with Crippen molar-refractivity contribution in [3.8, 4) is 0 Å². The third kappa shape index (κ3) is 2.42. The fourth-order valence-electron chi connectivity index (χ4n) is 0.636. The Bertz CT molecular complexity index is 168. The van der Waals surface area contributed by atoms with Crippen LogP contribution in [0, 0.1) is 0 Å². The molecule has 0 spiro atoms. The Kier molecular flexibility index (Phi) is 2.08. The zero-order valence-corrected chi connectivity index (χ0v) is 5.81. The third-order valence-electron chi connectivity index (χ3n) is 1.50. The van der Waals surface area contributed by atoms with Crippen molar-refractivity contribution in [3.05, 3.63) is 0 Å². The molecule has 0 saturated heterocycles. The second-order valence-electron chi connectivity index (χ2n) is 2.66. The molecule has 0 heterocycles. The zero-order chi connectivity index (χ0) is 8.48. The van der Waals surface area contributed by atoms with Gasteiger partial charge in [0.25, 0.3) is 0 Å². The number of hydrogen-bond donors (Lipinski definition) is 2. The van der Waals surface area contributed by atoms with Crippen molar-refractivity contribution < 1.29 is 18.7 Å². The maximum atomic E-state index is 12.3. The molecule has 0 aromatic carbocycles. The molecule has 11 heavy (non-hydrogen) atoms. The molecule has 0 unspecified atom stereocenters. The molecule has 0 aliphatic heterocycles. The summed E-state index contributed by atoms with van der Waals surface area (Å²) in [5.41, 5.74) is 0. The van der Waals surface area contributed by atoms with Gasteiger partial charge in [0.1, 0.15) is 0 Å². The topological polar surface area (TPSA) is 49.3 Å². The molecular formula is C6H9F2NO2. The number of halogens is 2. The number of alkyl halides is 2. The standard InChI is InChI=1S/C6H9F2NO2/c7-6(8,5(10)11)3-9-4-1-2-4/h4,9H,1-3H2,(H,10,11). The summed E-state index contributed by atoms with van der Waals surface area (Å²) in [5, 5.41) is 10.4. The van der Waals surface area contributed by atoms with E-state index in [4.69, 9.17) is 5.11 Å². The predicted octanol–water partition coefficient (Wildman–Crippen LogP) is 0.458. The molecule has 5 heteroatoms. The Morgan fingerprint density at radius 1 is 1.64 bits per heavy atom. The van der Waals surface area contributed by atoms with Crippen LogP contribution in [0.5, 0.6) is 0 Å². The minimum Gasteiger partial charge on any atom is -0.477 e. The van der Waals surface area contributed by atoms with Crippen LogP contribution in [0.15, 0.2) is 0 Å². The average molecular weight is 165 g/mol. The lowest BCUT2D eigenvalue weighted by Crippen LogP contribution is -2.40. The number of rotatable bonds is 4. The summed E-state index contributed by atoms with van der Waals surface area (Å²) < 4.78 is 24.5. The van der Waals surface area contributed by atoms with Gasteiger partial charge < -0.3 is 10.4 Å². The van der Waals surface area contributed by atoms with E-state index >= 15 is 0 Å². The molecule has 1 aliphatic carbocycles. The van der Waals surface area contributed by atoms with Gasteiger partial charge in [0.05, 0.1) is 6.54 Å². The number of carboxylic acids is 1. The van der Waals surface area contributed by atoms with E-state index in [9.17, 15) is 13.6 Å². The second-order valence-corrected chi connectivity index (χ2v) is 2.66. The van der Waals surface area contributed by atoms with Crippen molar-refractivity contribution >= 4 is 5.97 Å². The SMILES string of the molecule is O=C(O)C(F)(F)CNC1CC1. The summed E-state index contributed by atoms with van der Waals surface area (Å²) in [6, 6.07) is 0.111. The van der Waals surface area contributed by atoms with Crippen molar-refractivity contribution in [2.24, 2.45) is 0 Å². The summed E-state index contributed by atoms with van der Waals surface area (Å²) in [5.74, 6) is -5.69. The fourth-order valence-corrected chi connectivity index (χ4v) is 0.636. The summed E-state index contributed by atoms with van der Waals surface area (Å²) >= 11 is 0. The van der Waals surface area contributed by atoms with E-state index < -0.39 is 18.4 Å². The van der Waals surface area contributed by atoms with Crippen molar-refractivity contribution in [2.75, 3.05) is 6.54 Å². The first kappa shape index (κ1) is 8.39. The van der Waals surface area contributed by atoms with Crippen molar-refractivity contribution in [3.63, 3.8) is 0 Å². The van der Waals surface area contributed by atoms with Crippen LogP contribution in [0.4, 0.5) is 8.78 Å². The van der Waals surface area contributed by atoms with Crippen LogP contribution in [0.3, 0.4) is 0 Å². The van der Waals surface area contributed by atoms with E-state index in [1.54, 1.807) is 0 Å². The highest BCUT2D eigenvalue weighted by molar-refractivity contribution is 5.75. The summed E-state index contributed by atoms with van der Waals surface area (Å²) in [6.45, 7) is -0.757. The smallest absolute Gasteiger partial charge is 0.375 e. The Hall–Kier alpha value is -0.710. The molecule has 1 fully saturated rings. The fraction of sp³-hybridized carbons (Fsp3) is 0.833. The molecule has 0 amide bonds. The summed E-state index contributed by atoms with van der Waals surface area (Å²) in [4.78, 5) is 9.86. The van der Waals surface area contributed by atoms with Gasteiger partial charge >= 0.3 is 11.9 Å².